The number of aryl methyl sites for hydroxylation is 1. The van der Waals surface area contributed by atoms with Gasteiger partial charge in [-0.1, -0.05) is 54.6 Å². The van der Waals surface area contributed by atoms with Crippen LogP contribution < -0.4 is 9.96 Å². The summed E-state index contributed by atoms with van der Waals surface area (Å²) in [5, 5.41) is 12.7. The second kappa shape index (κ2) is 7.58. The minimum atomic E-state index is -1.02. The number of fused-ring (bicyclic) bond motifs is 1. The predicted octanol–water partition coefficient (Wildman–Crippen LogP) is 3.95. The summed E-state index contributed by atoms with van der Waals surface area (Å²) in [6, 6.07) is 21.8. The first-order chi connectivity index (χ1) is 15.5. The van der Waals surface area contributed by atoms with Crippen LogP contribution in [0.2, 0.25) is 0 Å². The lowest BCUT2D eigenvalue weighted by molar-refractivity contribution is -0.384. The minimum Gasteiger partial charge on any atom is -0.273 e. The fraction of sp³-hybridized carbons (Fsp3) is 0.167. The Morgan fingerprint density at radius 1 is 0.906 bits per heavy atom. The first kappa shape index (κ1) is 19.9. The summed E-state index contributed by atoms with van der Waals surface area (Å²) in [5.74, 6) is -1.58. The SMILES string of the molecule is Cc1ccccc1N1C(=O)[C@H]2[C@H](ON(c3cccc([N+](=O)[O-])c3)[C@H]2c2ccccc2)C1=O. The summed E-state index contributed by atoms with van der Waals surface area (Å²) in [6.45, 7) is 1.84. The molecule has 0 aromatic heterocycles. The number of nitrogens with zero attached hydrogens (tertiary/aromatic N) is 3. The van der Waals surface area contributed by atoms with Crippen molar-refractivity contribution in [2.45, 2.75) is 19.1 Å². The highest BCUT2D eigenvalue weighted by atomic mass is 16.7. The first-order valence-corrected chi connectivity index (χ1v) is 10.2. The molecule has 8 nitrogen and oxygen atoms in total. The van der Waals surface area contributed by atoms with Crippen molar-refractivity contribution in [2.75, 3.05) is 9.96 Å². The van der Waals surface area contributed by atoms with Crippen molar-refractivity contribution >= 4 is 28.9 Å². The van der Waals surface area contributed by atoms with Gasteiger partial charge in [0.2, 0.25) is 5.91 Å². The molecule has 0 N–H and O–H groups in total. The molecule has 3 atom stereocenters. The second-order valence-corrected chi connectivity index (χ2v) is 7.81. The van der Waals surface area contributed by atoms with Crippen molar-refractivity contribution in [3.05, 3.63) is 100 Å². The molecule has 2 aliphatic heterocycles. The molecule has 3 aromatic carbocycles. The molecule has 0 aliphatic carbocycles. The van der Waals surface area contributed by atoms with Gasteiger partial charge in [-0.25, -0.2) is 9.96 Å². The van der Waals surface area contributed by atoms with Gasteiger partial charge in [0.1, 0.15) is 5.92 Å². The van der Waals surface area contributed by atoms with Crippen molar-refractivity contribution in [1.82, 2.24) is 0 Å². The number of non-ortho nitro benzene ring substituents is 1. The van der Waals surface area contributed by atoms with Gasteiger partial charge in [-0.05, 0) is 30.2 Å². The predicted molar refractivity (Wildman–Crippen MR) is 117 cm³/mol. The summed E-state index contributed by atoms with van der Waals surface area (Å²) in [5.41, 5.74) is 2.43. The molecule has 32 heavy (non-hydrogen) atoms. The Bertz CT molecular complexity index is 1230. The number of hydroxylamine groups is 1. The number of hydrogen-bond acceptors (Lipinski definition) is 6. The van der Waals surface area contributed by atoms with E-state index in [9.17, 15) is 19.7 Å². The monoisotopic (exact) mass is 429 g/mol. The smallest absolute Gasteiger partial charge is 0.271 e. The van der Waals surface area contributed by atoms with Crippen LogP contribution >= 0.6 is 0 Å². The van der Waals surface area contributed by atoms with Crippen LogP contribution in [0.3, 0.4) is 0 Å². The van der Waals surface area contributed by atoms with Gasteiger partial charge in [0.25, 0.3) is 11.6 Å². The maximum absolute atomic E-state index is 13.6. The van der Waals surface area contributed by atoms with Crippen molar-refractivity contribution in [3.63, 3.8) is 0 Å². The van der Waals surface area contributed by atoms with Crippen LogP contribution in [0.1, 0.15) is 17.2 Å². The lowest BCUT2D eigenvalue weighted by atomic mass is 9.90. The quantitative estimate of drug-likeness (QED) is 0.354. The van der Waals surface area contributed by atoms with Gasteiger partial charge in [0.15, 0.2) is 6.10 Å². The van der Waals surface area contributed by atoms with Gasteiger partial charge >= 0.3 is 0 Å². The zero-order valence-corrected chi connectivity index (χ0v) is 17.1. The molecule has 0 saturated carbocycles. The van der Waals surface area contributed by atoms with Gasteiger partial charge in [-0.3, -0.25) is 24.5 Å². The standard InChI is InChI=1S/C24H19N3O5/c1-15-8-5-6-13-19(15)25-23(28)20-21(16-9-3-2-4-10-16)26(32-22(20)24(25)29)17-11-7-12-18(14-17)27(30)31/h2-14,20-22H,1H3/t20-,21+,22+/m1/s1. The van der Waals surface area contributed by atoms with E-state index >= 15 is 0 Å². The largest absolute Gasteiger partial charge is 0.273 e. The normalized spacial score (nSPS) is 22.3. The number of anilines is 2. The number of carbonyl (C=O) groups excluding carboxylic acids is 2. The molecule has 160 valence electrons. The zero-order valence-electron chi connectivity index (χ0n) is 17.1. The van der Waals surface area contributed by atoms with Crippen LogP contribution in [0.5, 0.6) is 0 Å². The zero-order chi connectivity index (χ0) is 22.4. The highest BCUT2D eigenvalue weighted by Gasteiger charge is 2.60. The third-order valence-corrected chi connectivity index (χ3v) is 5.91. The average Bonchev–Trinajstić information content (AvgIpc) is 3.31. The second-order valence-electron chi connectivity index (χ2n) is 7.81. The third kappa shape index (κ3) is 3.04. The number of benzene rings is 3. The number of nitro benzene ring substituents is 1. The average molecular weight is 429 g/mol. The number of carbonyl (C=O) groups is 2. The molecule has 0 bridgehead atoms. The van der Waals surface area contributed by atoms with E-state index in [-0.39, 0.29) is 11.6 Å². The van der Waals surface area contributed by atoms with E-state index in [0.717, 1.165) is 11.1 Å². The summed E-state index contributed by atoms with van der Waals surface area (Å²) >= 11 is 0. The molecule has 8 heteroatoms. The highest BCUT2D eigenvalue weighted by Crippen LogP contribution is 2.48. The fourth-order valence-electron chi connectivity index (χ4n) is 4.42. The van der Waals surface area contributed by atoms with Gasteiger partial charge in [-0.15, -0.1) is 0 Å². The molecule has 2 saturated heterocycles. The van der Waals surface area contributed by atoms with E-state index in [1.165, 1.54) is 22.1 Å². The topological polar surface area (TPSA) is 93.0 Å². The first-order valence-electron chi connectivity index (χ1n) is 10.2. The maximum Gasteiger partial charge on any atom is 0.271 e. The van der Waals surface area contributed by atoms with E-state index in [1.807, 2.05) is 49.4 Å². The third-order valence-electron chi connectivity index (χ3n) is 5.91. The van der Waals surface area contributed by atoms with Gasteiger partial charge in [-0.2, -0.15) is 0 Å². The molecule has 2 amide bonds. The molecule has 0 unspecified atom stereocenters. The lowest BCUT2D eigenvalue weighted by Gasteiger charge is -2.29. The number of imide groups is 1. The van der Waals surface area contributed by atoms with Gasteiger partial charge in [0, 0.05) is 12.1 Å². The van der Waals surface area contributed by atoms with E-state index in [1.54, 1.807) is 24.3 Å². The Morgan fingerprint density at radius 2 is 1.62 bits per heavy atom. The summed E-state index contributed by atoms with van der Waals surface area (Å²) in [4.78, 5) is 44.9. The van der Waals surface area contributed by atoms with Crippen LogP contribution in [-0.4, -0.2) is 22.8 Å². The molecule has 3 aromatic rings. The van der Waals surface area contributed by atoms with Crippen molar-refractivity contribution < 1.29 is 19.3 Å². The van der Waals surface area contributed by atoms with E-state index in [0.29, 0.717) is 11.4 Å². The van der Waals surface area contributed by atoms with E-state index in [2.05, 4.69) is 0 Å². The van der Waals surface area contributed by atoms with Crippen LogP contribution in [0.25, 0.3) is 0 Å². The Morgan fingerprint density at radius 3 is 2.34 bits per heavy atom. The molecule has 5 rings (SSSR count). The van der Waals surface area contributed by atoms with E-state index in [4.69, 9.17) is 4.84 Å². The molecular weight excluding hydrogens is 410 g/mol. The highest BCUT2D eigenvalue weighted by molar-refractivity contribution is 6.24. The molecule has 2 fully saturated rings. The molecule has 2 aliphatic rings. The Kier molecular flexibility index (Phi) is 4.71. The summed E-state index contributed by atoms with van der Waals surface area (Å²) in [7, 11) is 0. The Hall–Kier alpha value is -4.04. The summed E-state index contributed by atoms with van der Waals surface area (Å²) < 4.78 is 0. The molecular formula is C24H19N3O5. The lowest BCUT2D eigenvalue weighted by Crippen LogP contribution is -2.37. The number of rotatable bonds is 4. The van der Waals surface area contributed by atoms with Crippen LogP contribution in [0.15, 0.2) is 78.9 Å². The van der Waals surface area contributed by atoms with Gasteiger partial charge < -0.3 is 0 Å². The molecule has 0 spiro atoms. The van der Waals surface area contributed by atoms with Crippen molar-refractivity contribution in [3.8, 4) is 0 Å². The number of amides is 2. The number of hydrogen-bond donors (Lipinski definition) is 0. The van der Waals surface area contributed by atoms with Crippen molar-refractivity contribution in [2.24, 2.45) is 5.92 Å². The van der Waals surface area contributed by atoms with Crippen LogP contribution in [0, 0.1) is 23.0 Å². The maximum atomic E-state index is 13.6. The molecule has 0 radical (unpaired) electrons. The Labute approximate surface area is 183 Å². The van der Waals surface area contributed by atoms with E-state index < -0.39 is 28.9 Å². The van der Waals surface area contributed by atoms with Crippen LogP contribution in [0.4, 0.5) is 17.1 Å². The van der Waals surface area contributed by atoms with Crippen LogP contribution in [-0.2, 0) is 14.4 Å². The summed E-state index contributed by atoms with van der Waals surface area (Å²) in [6.07, 6.45) is -1.02. The fourth-order valence-corrected chi connectivity index (χ4v) is 4.42. The molecule has 2 heterocycles. The number of nitro groups is 1. The number of para-hydroxylation sites is 1. The minimum absolute atomic E-state index is 0.103. The Balaban J connectivity index is 1.60. The van der Waals surface area contributed by atoms with Crippen molar-refractivity contribution in [1.29, 1.82) is 0 Å². The van der Waals surface area contributed by atoms with Gasteiger partial charge in [0.05, 0.1) is 22.3 Å².